The summed E-state index contributed by atoms with van der Waals surface area (Å²) in [6, 6.07) is -0.416. The minimum Gasteiger partial charge on any atom is -0.390 e. The van der Waals surface area contributed by atoms with Gasteiger partial charge in [0, 0.05) is 17.6 Å². The Balaban J connectivity index is 2.49. The van der Waals surface area contributed by atoms with Gasteiger partial charge in [-0.3, -0.25) is 0 Å². The highest BCUT2D eigenvalue weighted by Crippen LogP contribution is 2.12. The zero-order valence-corrected chi connectivity index (χ0v) is 8.61. The number of hydrogen-bond acceptors (Lipinski definition) is 4. The molecule has 4 nitrogen and oxygen atoms in total. The van der Waals surface area contributed by atoms with Crippen molar-refractivity contribution in [3.8, 4) is 0 Å². The molecular weight excluding hydrogens is 214 g/mol. The van der Waals surface area contributed by atoms with Gasteiger partial charge in [-0.25, -0.2) is 8.42 Å². The van der Waals surface area contributed by atoms with E-state index < -0.39 is 22.0 Å². The summed E-state index contributed by atoms with van der Waals surface area (Å²) in [5.74, 6) is -0.197. The number of halogens is 1. The van der Waals surface area contributed by atoms with Gasteiger partial charge in [-0.1, -0.05) is 18.2 Å². The lowest BCUT2D eigenvalue weighted by Gasteiger charge is -2.13. The standard InChI is InChI=1S/C7H12ClNO3S/c1-5(8)2-9-6-3-13(11,12)4-7(6)10/h6-7,9-10H,1-4H2. The third kappa shape index (κ3) is 3.27. The molecule has 0 aliphatic carbocycles. The molecule has 1 heterocycles. The van der Waals surface area contributed by atoms with E-state index in [0.717, 1.165) is 0 Å². The van der Waals surface area contributed by atoms with Crippen LogP contribution in [0, 0.1) is 0 Å². The zero-order valence-electron chi connectivity index (χ0n) is 7.03. The van der Waals surface area contributed by atoms with Gasteiger partial charge < -0.3 is 10.4 Å². The molecule has 0 aromatic carbocycles. The van der Waals surface area contributed by atoms with Crippen LogP contribution in [0.3, 0.4) is 0 Å². The molecule has 0 radical (unpaired) electrons. The lowest BCUT2D eigenvalue weighted by atomic mass is 10.2. The van der Waals surface area contributed by atoms with Crippen molar-refractivity contribution >= 4 is 21.4 Å². The van der Waals surface area contributed by atoms with Crippen molar-refractivity contribution in [1.82, 2.24) is 5.32 Å². The molecular formula is C7H12ClNO3S. The highest BCUT2D eigenvalue weighted by molar-refractivity contribution is 7.91. The molecule has 1 aliphatic rings. The summed E-state index contributed by atoms with van der Waals surface area (Å²) in [6.07, 6.45) is -0.832. The van der Waals surface area contributed by atoms with Crippen LogP contribution >= 0.6 is 11.6 Å². The van der Waals surface area contributed by atoms with Crippen LogP contribution in [-0.4, -0.2) is 43.7 Å². The Kier molecular flexibility index (Phi) is 3.34. The van der Waals surface area contributed by atoms with Crippen molar-refractivity contribution < 1.29 is 13.5 Å². The monoisotopic (exact) mass is 225 g/mol. The molecule has 0 bridgehead atoms. The van der Waals surface area contributed by atoms with Gasteiger partial charge >= 0.3 is 0 Å². The topological polar surface area (TPSA) is 66.4 Å². The van der Waals surface area contributed by atoms with E-state index in [2.05, 4.69) is 11.9 Å². The van der Waals surface area contributed by atoms with Gasteiger partial charge in [-0.2, -0.15) is 0 Å². The van der Waals surface area contributed by atoms with Gasteiger partial charge in [0.15, 0.2) is 9.84 Å². The molecule has 13 heavy (non-hydrogen) atoms. The predicted molar refractivity (Wildman–Crippen MR) is 51.4 cm³/mol. The number of sulfone groups is 1. The summed E-state index contributed by atoms with van der Waals surface area (Å²) in [4.78, 5) is 0. The SMILES string of the molecule is C=C(Cl)CNC1CS(=O)(=O)CC1O. The van der Waals surface area contributed by atoms with E-state index >= 15 is 0 Å². The molecule has 0 aromatic heterocycles. The average Bonchev–Trinajstić information content (AvgIpc) is 2.20. The molecule has 0 spiro atoms. The van der Waals surface area contributed by atoms with E-state index in [9.17, 15) is 13.5 Å². The maximum absolute atomic E-state index is 11.0. The van der Waals surface area contributed by atoms with Crippen molar-refractivity contribution in [2.45, 2.75) is 12.1 Å². The van der Waals surface area contributed by atoms with Crippen LogP contribution < -0.4 is 5.32 Å². The first-order chi connectivity index (χ1) is 5.91. The number of aliphatic hydroxyl groups excluding tert-OH is 1. The van der Waals surface area contributed by atoms with E-state index in [4.69, 9.17) is 11.6 Å². The highest BCUT2D eigenvalue weighted by atomic mass is 35.5. The third-order valence-corrected chi connectivity index (χ3v) is 3.73. The first-order valence-electron chi connectivity index (χ1n) is 3.86. The van der Waals surface area contributed by atoms with Crippen LogP contribution in [0.2, 0.25) is 0 Å². The first kappa shape index (κ1) is 11.0. The highest BCUT2D eigenvalue weighted by Gasteiger charge is 2.35. The number of hydrogen-bond donors (Lipinski definition) is 2. The molecule has 0 aromatic rings. The molecule has 0 saturated carbocycles. The third-order valence-electron chi connectivity index (χ3n) is 1.88. The second-order valence-corrected chi connectivity index (χ2v) is 5.84. The maximum Gasteiger partial charge on any atom is 0.154 e. The van der Waals surface area contributed by atoms with Crippen molar-refractivity contribution in [2.75, 3.05) is 18.1 Å². The lowest BCUT2D eigenvalue weighted by Crippen LogP contribution is -2.39. The molecule has 0 amide bonds. The Morgan fingerprint density at radius 1 is 1.62 bits per heavy atom. The van der Waals surface area contributed by atoms with Gasteiger partial charge in [0.05, 0.1) is 17.6 Å². The summed E-state index contributed by atoms with van der Waals surface area (Å²) >= 11 is 5.49. The average molecular weight is 226 g/mol. The molecule has 1 saturated heterocycles. The first-order valence-corrected chi connectivity index (χ1v) is 6.06. The fraction of sp³-hybridized carbons (Fsp3) is 0.714. The largest absolute Gasteiger partial charge is 0.390 e. The summed E-state index contributed by atoms with van der Waals surface area (Å²) in [5, 5.41) is 12.5. The molecule has 1 rings (SSSR count). The molecule has 2 atom stereocenters. The van der Waals surface area contributed by atoms with Gasteiger partial charge in [0.2, 0.25) is 0 Å². The van der Waals surface area contributed by atoms with Crippen LogP contribution in [0.5, 0.6) is 0 Å². The Labute approximate surface area is 82.5 Å². The molecule has 2 N–H and O–H groups in total. The van der Waals surface area contributed by atoms with Crippen molar-refractivity contribution in [3.05, 3.63) is 11.6 Å². The van der Waals surface area contributed by atoms with Crippen molar-refractivity contribution in [2.24, 2.45) is 0 Å². The maximum atomic E-state index is 11.0. The molecule has 76 valence electrons. The predicted octanol–water partition coefficient (Wildman–Crippen LogP) is -0.514. The van der Waals surface area contributed by atoms with Gasteiger partial charge in [-0.05, 0) is 0 Å². The number of rotatable bonds is 3. The number of aliphatic hydroxyl groups is 1. The van der Waals surface area contributed by atoms with Crippen molar-refractivity contribution in [3.63, 3.8) is 0 Å². The minimum absolute atomic E-state index is 0.0294. The second-order valence-electron chi connectivity index (χ2n) is 3.15. The lowest BCUT2D eigenvalue weighted by molar-refractivity contribution is 0.168. The normalized spacial score (nSPS) is 31.8. The summed E-state index contributed by atoms with van der Waals surface area (Å²) < 4.78 is 22.1. The van der Waals surface area contributed by atoms with E-state index in [1.807, 2.05) is 0 Å². The Morgan fingerprint density at radius 2 is 2.23 bits per heavy atom. The van der Waals surface area contributed by atoms with Crippen LogP contribution in [0.4, 0.5) is 0 Å². The minimum atomic E-state index is -3.08. The summed E-state index contributed by atoms with van der Waals surface area (Å²) in [6.45, 7) is 3.77. The van der Waals surface area contributed by atoms with E-state index in [-0.39, 0.29) is 11.5 Å². The Hall–Kier alpha value is -0.100. The molecule has 1 aliphatic heterocycles. The van der Waals surface area contributed by atoms with Crippen LogP contribution in [0.25, 0.3) is 0 Å². The number of nitrogens with one attached hydrogen (secondary N) is 1. The molecule has 6 heteroatoms. The fourth-order valence-corrected chi connectivity index (χ4v) is 3.12. The smallest absolute Gasteiger partial charge is 0.154 e. The van der Waals surface area contributed by atoms with Crippen LogP contribution in [-0.2, 0) is 9.84 Å². The Morgan fingerprint density at radius 3 is 2.62 bits per heavy atom. The molecule has 1 fully saturated rings. The van der Waals surface area contributed by atoms with Crippen LogP contribution in [0.1, 0.15) is 0 Å². The van der Waals surface area contributed by atoms with Gasteiger partial charge in [0.25, 0.3) is 0 Å². The summed E-state index contributed by atoms with van der Waals surface area (Å²) in [7, 11) is -3.08. The second kappa shape index (κ2) is 3.96. The van der Waals surface area contributed by atoms with E-state index in [1.165, 1.54) is 0 Å². The van der Waals surface area contributed by atoms with E-state index in [0.29, 0.717) is 11.6 Å². The quantitative estimate of drug-likeness (QED) is 0.679. The fourth-order valence-electron chi connectivity index (χ4n) is 1.27. The molecule has 2 unspecified atom stereocenters. The van der Waals surface area contributed by atoms with Gasteiger partial charge in [0.1, 0.15) is 0 Å². The zero-order chi connectivity index (χ0) is 10.1. The Bertz CT molecular complexity index is 301. The van der Waals surface area contributed by atoms with Crippen LogP contribution in [0.15, 0.2) is 11.6 Å². The van der Waals surface area contributed by atoms with E-state index in [1.54, 1.807) is 0 Å². The summed E-state index contributed by atoms with van der Waals surface area (Å²) in [5.41, 5.74) is 0. The van der Waals surface area contributed by atoms with Gasteiger partial charge in [-0.15, -0.1) is 0 Å². The van der Waals surface area contributed by atoms with Crippen molar-refractivity contribution in [1.29, 1.82) is 0 Å².